The monoisotopic (exact) mass is 144 g/mol. The largest absolute Gasteiger partial charge is 0.271 e. The molecule has 0 aromatic carbocycles. The highest BCUT2D eigenvalue weighted by Crippen LogP contribution is 2.10. The quantitative estimate of drug-likeness (QED) is 0.455. The van der Waals surface area contributed by atoms with Gasteiger partial charge < -0.3 is 0 Å². The molecule has 0 spiro atoms. The van der Waals surface area contributed by atoms with E-state index in [-0.39, 0.29) is 0 Å². The van der Waals surface area contributed by atoms with Crippen molar-refractivity contribution in [3.05, 3.63) is 0 Å². The number of hydrogen-bond donors (Lipinski definition) is 2. The Bertz CT molecular complexity index is 69.7. The Hall–Kier alpha value is -0.0800. The van der Waals surface area contributed by atoms with Crippen molar-refractivity contribution >= 4 is 0 Å². The normalized spacial score (nSPS) is 16.8. The smallest absolute Gasteiger partial charge is 0.0210 e. The van der Waals surface area contributed by atoms with Crippen LogP contribution in [0, 0.1) is 5.92 Å². The van der Waals surface area contributed by atoms with Gasteiger partial charge in [0.1, 0.15) is 0 Å². The van der Waals surface area contributed by atoms with Crippen molar-refractivity contribution in [2.45, 2.75) is 46.1 Å². The minimum atomic E-state index is 0.509. The second-order valence-electron chi connectivity index (χ2n) is 3.02. The summed E-state index contributed by atoms with van der Waals surface area (Å²) in [5.41, 5.74) is 2.82. The molecular formula is C8H20N2. The van der Waals surface area contributed by atoms with Gasteiger partial charge in [0.05, 0.1) is 0 Å². The number of hydrogen-bond acceptors (Lipinski definition) is 2. The van der Waals surface area contributed by atoms with Gasteiger partial charge in [-0.25, -0.2) is 0 Å². The van der Waals surface area contributed by atoms with Gasteiger partial charge >= 0.3 is 0 Å². The summed E-state index contributed by atoms with van der Waals surface area (Å²) in [5.74, 6) is 6.13. The summed E-state index contributed by atoms with van der Waals surface area (Å²) >= 11 is 0. The van der Waals surface area contributed by atoms with Gasteiger partial charge in [-0.05, 0) is 18.8 Å². The third-order valence-corrected chi connectivity index (χ3v) is 2.11. The Kier molecular flexibility index (Phi) is 5.64. The molecule has 2 unspecified atom stereocenters. The van der Waals surface area contributed by atoms with Crippen molar-refractivity contribution < 1.29 is 0 Å². The number of rotatable bonds is 5. The molecule has 0 saturated carbocycles. The maximum atomic E-state index is 5.34. The van der Waals surface area contributed by atoms with Crippen LogP contribution in [-0.2, 0) is 0 Å². The molecule has 0 aliphatic rings. The van der Waals surface area contributed by atoms with E-state index in [4.69, 9.17) is 5.84 Å². The number of hydrazine groups is 1. The maximum Gasteiger partial charge on any atom is 0.0210 e. The van der Waals surface area contributed by atoms with Crippen molar-refractivity contribution in [3.63, 3.8) is 0 Å². The summed E-state index contributed by atoms with van der Waals surface area (Å²) in [7, 11) is 0. The Morgan fingerprint density at radius 3 is 2.20 bits per heavy atom. The molecule has 0 aromatic heterocycles. The predicted octanol–water partition coefficient (Wildman–Crippen LogP) is 1.66. The molecule has 2 heteroatoms. The Morgan fingerprint density at radius 2 is 1.90 bits per heavy atom. The Balaban J connectivity index is 3.41. The molecule has 0 fully saturated rings. The van der Waals surface area contributed by atoms with Gasteiger partial charge in [0.15, 0.2) is 0 Å². The van der Waals surface area contributed by atoms with Crippen molar-refractivity contribution in [2.75, 3.05) is 0 Å². The van der Waals surface area contributed by atoms with Crippen LogP contribution >= 0.6 is 0 Å². The molecule has 2 nitrogen and oxygen atoms in total. The minimum absolute atomic E-state index is 0.509. The van der Waals surface area contributed by atoms with Crippen LogP contribution in [0.1, 0.15) is 40.0 Å². The van der Waals surface area contributed by atoms with E-state index in [1.165, 1.54) is 12.8 Å². The molecule has 0 aromatic rings. The van der Waals surface area contributed by atoms with Gasteiger partial charge in [-0.15, -0.1) is 0 Å². The molecule has 0 saturated heterocycles. The van der Waals surface area contributed by atoms with Crippen LogP contribution in [-0.4, -0.2) is 6.04 Å². The van der Waals surface area contributed by atoms with Gasteiger partial charge in [0.25, 0.3) is 0 Å². The van der Waals surface area contributed by atoms with Crippen LogP contribution in [0.15, 0.2) is 0 Å². The molecule has 62 valence electrons. The summed E-state index contributed by atoms with van der Waals surface area (Å²) in [6.07, 6.45) is 3.57. The zero-order chi connectivity index (χ0) is 7.98. The van der Waals surface area contributed by atoms with Crippen molar-refractivity contribution in [1.29, 1.82) is 0 Å². The van der Waals surface area contributed by atoms with E-state index in [2.05, 4.69) is 26.2 Å². The fourth-order valence-corrected chi connectivity index (χ4v) is 1.00. The molecule has 0 bridgehead atoms. The van der Waals surface area contributed by atoms with Gasteiger partial charge in [-0.3, -0.25) is 11.3 Å². The van der Waals surface area contributed by atoms with Crippen LogP contribution < -0.4 is 11.3 Å². The summed E-state index contributed by atoms with van der Waals surface area (Å²) < 4.78 is 0. The first-order valence-corrected chi connectivity index (χ1v) is 4.20. The van der Waals surface area contributed by atoms with Crippen LogP contribution in [0.25, 0.3) is 0 Å². The van der Waals surface area contributed by atoms with E-state index in [0.717, 1.165) is 12.3 Å². The first-order chi connectivity index (χ1) is 4.74. The highest BCUT2D eigenvalue weighted by molar-refractivity contribution is 4.64. The van der Waals surface area contributed by atoms with Crippen LogP contribution in [0.2, 0.25) is 0 Å². The standard InChI is InChI=1S/C8H20N2/c1-4-7(3)6-8(5-2)10-9/h7-8,10H,4-6,9H2,1-3H3. The summed E-state index contributed by atoms with van der Waals surface area (Å²) in [5, 5.41) is 0. The lowest BCUT2D eigenvalue weighted by Gasteiger charge is -2.16. The van der Waals surface area contributed by atoms with Gasteiger partial charge in [-0.1, -0.05) is 27.2 Å². The third kappa shape index (κ3) is 3.85. The third-order valence-electron chi connectivity index (χ3n) is 2.11. The van der Waals surface area contributed by atoms with E-state index in [0.29, 0.717) is 6.04 Å². The highest BCUT2D eigenvalue weighted by Gasteiger charge is 2.07. The molecule has 2 atom stereocenters. The topological polar surface area (TPSA) is 38.0 Å². The van der Waals surface area contributed by atoms with Crippen molar-refractivity contribution in [3.8, 4) is 0 Å². The van der Waals surface area contributed by atoms with E-state index in [1.807, 2.05) is 0 Å². The molecule has 0 aliphatic heterocycles. The van der Waals surface area contributed by atoms with Crippen molar-refractivity contribution in [1.82, 2.24) is 5.43 Å². The fraction of sp³-hybridized carbons (Fsp3) is 1.00. The number of nitrogens with one attached hydrogen (secondary N) is 1. The lowest BCUT2D eigenvalue weighted by Crippen LogP contribution is -2.35. The van der Waals surface area contributed by atoms with Crippen molar-refractivity contribution in [2.24, 2.45) is 11.8 Å². The zero-order valence-electron chi connectivity index (χ0n) is 7.35. The average Bonchev–Trinajstić information content (AvgIpc) is 1.99. The van der Waals surface area contributed by atoms with Gasteiger partial charge in [0, 0.05) is 6.04 Å². The minimum Gasteiger partial charge on any atom is -0.271 e. The average molecular weight is 144 g/mol. The second-order valence-corrected chi connectivity index (χ2v) is 3.02. The first kappa shape index (κ1) is 9.92. The molecular weight excluding hydrogens is 124 g/mol. The molecule has 0 radical (unpaired) electrons. The Labute approximate surface area is 64.2 Å². The molecule has 0 heterocycles. The second kappa shape index (κ2) is 5.69. The molecule has 0 rings (SSSR count). The lowest BCUT2D eigenvalue weighted by molar-refractivity contribution is 0.390. The van der Waals surface area contributed by atoms with E-state index in [9.17, 15) is 0 Å². The number of nitrogens with two attached hydrogens (primary N) is 1. The first-order valence-electron chi connectivity index (χ1n) is 4.20. The fourth-order valence-electron chi connectivity index (χ4n) is 1.00. The van der Waals surface area contributed by atoms with Gasteiger partial charge in [-0.2, -0.15) is 0 Å². The highest BCUT2D eigenvalue weighted by atomic mass is 15.2. The summed E-state index contributed by atoms with van der Waals surface area (Å²) in [6.45, 7) is 6.64. The van der Waals surface area contributed by atoms with E-state index in [1.54, 1.807) is 0 Å². The van der Waals surface area contributed by atoms with Crippen LogP contribution in [0.4, 0.5) is 0 Å². The SMILES string of the molecule is CCC(C)CC(CC)NN. The summed E-state index contributed by atoms with van der Waals surface area (Å²) in [6, 6.07) is 0.509. The van der Waals surface area contributed by atoms with Crippen LogP contribution in [0.5, 0.6) is 0 Å². The molecule has 10 heavy (non-hydrogen) atoms. The zero-order valence-corrected chi connectivity index (χ0v) is 7.35. The predicted molar refractivity (Wildman–Crippen MR) is 45.5 cm³/mol. The van der Waals surface area contributed by atoms with E-state index < -0.39 is 0 Å². The molecule has 0 amide bonds. The molecule has 3 N–H and O–H groups in total. The Morgan fingerprint density at radius 1 is 1.30 bits per heavy atom. The van der Waals surface area contributed by atoms with Gasteiger partial charge in [0.2, 0.25) is 0 Å². The van der Waals surface area contributed by atoms with Crippen LogP contribution in [0.3, 0.4) is 0 Å². The summed E-state index contributed by atoms with van der Waals surface area (Å²) in [4.78, 5) is 0. The lowest BCUT2D eigenvalue weighted by atomic mass is 9.98. The molecule has 0 aliphatic carbocycles. The maximum absolute atomic E-state index is 5.34. The van der Waals surface area contributed by atoms with E-state index >= 15 is 0 Å².